The molecule has 0 N–H and O–H groups in total. The highest BCUT2D eigenvalue weighted by atomic mass is 16.6. The van der Waals surface area contributed by atoms with E-state index >= 15 is 0 Å². The van der Waals surface area contributed by atoms with Crippen LogP contribution in [0.15, 0.2) is 35.0 Å². The van der Waals surface area contributed by atoms with Gasteiger partial charge in [0.15, 0.2) is 5.70 Å². The summed E-state index contributed by atoms with van der Waals surface area (Å²) in [5.74, 6) is 1.40. The number of rotatable bonds is 4. The lowest BCUT2D eigenvalue weighted by Gasteiger charge is -2.19. The van der Waals surface area contributed by atoms with E-state index in [2.05, 4.69) is 4.99 Å². The number of cyclic esters (lactones) is 1. The maximum absolute atomic E-state index is 12.0. The van der Waals surface area contributed by atoms with Crippen LogP contribution in [0, 0.1) is 5.92 Å². The van der Waals surface area contributed by atoms with E-state index < -0.39 is 0 Å². The van der Waals surface area contributed by atoms with E-state index in [0.29, 0.717) is 17.5 Å². The van der Waals surface area contributed by atoms with Gasteiger partial charge >= 0.3 is 5.97 Å². The van der Waals surface area contributed by atoms with Crippen molar-refractivity contribution in [3.8, 4) is 5.75 Å². The van der Waals surface area contributed by atoms with E-state index in [1.54, 1.807) is 6.08 Å². The van der Waals surface area contributed by atoms with Gasteiger partial charge in [-0.2, -0.15) is 0 Å². The van der Waals surface area contributed by atoms with Crippen molar-refractivity contribution in [2.75, 3.05) is 0 Å². The predicted molar refractivity (Wildman–Crippen MR) is 90.3 cm³/mol. The molecule has 1 fully saturated rings. The lowest BCUT2D eigenvalue weighted by atomic mass is 9.89. The number of hydrogen-bond donors (Lipinski definition) is 0. The van der Waals surface area contributed by atoms with Crippen LogP contribution >= 0.6 is 0 Å². The third-order valence-electron chi connectivity index (χ3n) is 4.15. The first kappa shape index (κ1) is 15.8. The molecule has 4 nitrogen and oxygen atoms in total. The van der Waals surface area contributed by atoms with Gasteiger partial charge in [0.1, 0.15) is 5.75 Å². The van der Waals surface area contributed by atoms with Crippen LogP contribution in [0.2, 0.25) is 0 Å². The van der Waals surface area contributed by atoms with Gasteiger partial charge in [-0.05, 0) is 50.5 Å². The SMILES string of the molecule is CC(C)Oc1ccc(/C=C2/N=C(C3CCCCC3)OC2=O)cc1. The molecule has 0 amide bonds. The third kappa shape index (κ3) is 4.01. The van der Waals surface area contributed by atoms with Gasteiger partial charge in [-0.1, -0.05) is 31.4 Å². The molecule has 0 bridgehead atoms. The number of aliphatic imine (C=N–C) groups is 1. The maximum Gasteiger partial charge on any atom is 0.363 e. The van der Waals surface area contributed by atoms with Gasteiger partial charge in [-0.3, -0.25) is 0 Å². The second-order valence-electron chi connectivity index (χ2n) is 6.44. The molecule has 122 valence electrons. The first-order chi connectivity index (χ1) is 11.1. The molecule has 1 aromatic carbocycles. The average Bonchev–Trinajstić information content (AvgIpc) is 2.91. The number of carbonyl (C=O) groups excluding carboxylic acids is 1. The molecular weight excluding hydrogens is 290 g/mol. The molecular formula is C19H23NO3. The molecule has 1 saturated carbocycles. The van der Waals surface area contributed by atoms with Crippen molar-refractivity contribution >= 4 is 17.9 Å². The second kappa shape index (κ2) is 6.99. The van der Waals surface area contributed by atoms with E-state index in [9.17, 15) is 4.79 Å². The molecule has 3 rings (SSSR count). The summed E-state index contributed by atoms with van der Waals surface area (Å²) in [5.41, 5.74) is 1.31. The van der Waals surface area contributed by atoms with Gasteiger partial charge in [0.05, 0.1) is 6.10 Å². The molecule has 1 heterocycles. The molecule has 0 saturated heterocycles. The molecule has 23 heavy (non-hydrogen) atoms. The summed E-state index contributed by atoms with van der Waals surface area (Å²) in [7, 11) is 0. The highest BCUT2D eigenvalue weighted by Gasteiger charge is 2.30. The number of benzene rings is 1. The minimum absolute atomic E-state index is 0.145. The van der Waals surface area contributed by atoms with Crippen molar-refractivity contribution in [1.82, 2.24) is 0 Å². The summed E-state index contributed by atoms with van der Waals surface area (Å²) in [6, 6.07) is 7.65. The van der Waals surface area contributed by atoms with Crippen molar-refractivity contribution in [2.45, 2.75) is 52.1 Å². The average molecular weight is 313 g/mol. The summed E-state index contributed by atoms with van der Waals surface area (Å²) >= 11 is 0. The van der Waals surface area contributed by atoms with Crippen molar-refractivity contribution in [1.29, 1.82) is 0 Å². The van der Waals surface area contributed by atoms with Crippen molar-refractivity contribution in [3.05, 3.63) is 35.5 Å². The largest absolute Gasteiger partial charge is 0.491 e. The van der Waals surface area contributed by atoms with Crippen LogP contribution in [0.1, 0.15) is 51.5 Å². The predicted octanol–water partition coefficient (Wildman–Crippen LogP) is 4.35. The van der Waals surface area contributed by atoms with E-state index in [1.807, 2.05) is 38.1 Å². The van der Waals surface area contributed by atoms with Gasteiger partial charge < -0.3 is 9.47 Å². The van der Waals surface area contributed by atoms with Crippen LogP contribution in [0.25, 0.3) is 6.08 Å². The number of carbonyl (C=O) groups is 1. The summed E-state index contributed by atoms with van der Waals surface area (Å²) in [6.45, 7) is 3.98. The minimum Gasteiger partial charge on any atom is -0.491 e. The van der Waals surface area contributed by atoms with Gasteiger partial charge in [0.25, 0.3) is 0 Å². The zero-order valence-corrected chi connectivity index (χ0v) is 13.7. The van der Waals surface area contributed by atoms with Gasteiger partial charge in [0.2, 0.25) is 5.90 Å². The van der Waals surface area contributed by atoms with E-state index in [1.165, 1.54) is 19.3 Å². The van der Waals surface area contributed by atoms with Crippen LogP contribution in [-0.4, -0.2) is 18.0 Å². The molecule has 0 spiro atoms. The molecule has 0 aromatic heterocycles. The lowest BCUT2D eigenvalue weighted by Crippen LogP contribution is -2.19. The van der Waals surface area contributed by atoms with Crippen molar-refractivity contribution < 1.29 is 14.3 Å². The Kier molecular flexibility index (Phi) is 4.79. The molecule has 0 radical (unpaired) electrons. The minimum atomic E-state index is -0.340. The van der Waals surface area contributed by atoms with Crippen LogP contribution in [-0.2, 0) is 9.53 Å². The standard InChI is InChI=1S/C19H23NO3/c1-13(2)22-16-10-8-14(9-11-16)12-17-19(21)23-18(20-17)15-6-4-3-5-7-15/h8-13,15H,3-7H2,1-2H3/b17-12+. The number of nitrogens with zero attached hydrogens (tertiary/aromatic N) is 1. The van der Waals surface area contributed by atoms with Crippen LogP contribution in [0.3, 0.4) is 0 Å². The molecule has 2 aliphatic rings. The summed E-state index contributed by atoms with van der Waals surface area (Å²) in [6.07, 6.45) is 7.71. The highest BCUT2D eigenvalue weighted by Crippen LogP contribution is 2.29. The monoisotopic (exact) mass is 313 g/mol. The van der Waals surface area contributed by atoms with E-state index in [-0.39, 0.29) is 12.1 Å². The Morgan fingerprint density at radius 1 is 1.17 bits per heavy atom. The van der Waals surface area contributed by atoms with Crippen molar-refractivity contribution in [2.24, 2.45) is 10.9 Å². The second-order valence-corrected chi connectivity index (χ2v) is 6.44. The van der Waals surface area contributed by atoms with Crippen LogP contribution in [0.5, 0.6) is 5.75 Å². The Bertz CT molecular complexity index is 623. The Morgan fingerprint density at radius 3 is 2.52 bits per heavy atom. The van der Waals surface area contributed by atoms with E-state index in [4.69, 9.17) is 9.47 Å². The zero-order chi connectivity index (χ0) is 16.2. The topological polar surface area (TPSA) is 47.9 Å². The van der Waals surface area contributed by atoms with Gasteiger partial charge in [0, 0.05) is 5.92 Å². The number of hydrogen-bond acceptors (Lipinski definition) is 4. The zero-order valence-electron chi connectivity index (χ0n) is 13.7. The molecule has 0 unspecified atom stereocenters. The number of esters is 1. The Balaban J connectivity index is 1.73. The summed E-state index contributed by atoms with van der Waals surface area (Å²) in [5, 5.41) is 0. The first-order valence-corrected chi connectivity index (χ1v) is 8.41. The van der Waals surface area contributed by atoms with Gasteiger partial charge in [-0.15, -0.1) is 0 Å². The fraction of sp³-hybridized carbons (Fsp3) is 0.474. The first-order valence-electron chi connectivity index (χ1n) is 8.41. The molecule has 0 atom stereocenters. The Morgan fingerprint density at radius 2 is 1.87 bits per heavy atom. The smallest absolute Gasteiger partial charge is 0.363 e. The third-order valence-corrected chi connectivity index (χ3v) is 4.15. The fourth-order valence-electron chi connectivity index (χ4n) is 3.02. The normalized spacial score (nSPS) is 20.7. The van der Waals surface area contributed by atoms with Crippen molar-refractivity contribution in [3.63, 3.8) is 0 Å². The van der Waals surface area contributed by atoms with Crippen LogP contribution in [0.4, 0.5) is 0 Å². The maximum atomic E-state index is 12.0. The Hall–Kier alpha value is -2.10. The molecule has 1 aliphatic heterocycles. The fourth-order valence-corrected chi connectivity index (χ4v) is 3.02. The van der Waals surface area contributed by atoms with Gasteiger partial charge in [-0.25, -0.2) is 9.79 Å². The lowest BCUT2D eigenvalue weighted by molar-refractivity contribution is -0.130. The molecule has 1 aliphatic carbocycles. The Labute approximate surface area is 137 Å². The van der Waals surface area contributed by atoms with E-state index in [0.717, 1.165) is 24.2 Å². The highest BCUT2D eigenvalue weighted by molar-refractivity contribution is 6.07. The quantitative estimate of drug-likeness (QED) is 0.613. The number of ether oxygens (including phenoxy) is 2. The summed E-state index contributed by atoms with van der Waals surface area (Å²) in [4.78, 5) is 16.4. The summed E-state index contributed by atoms with van der Waals surface area (Å²) < 4.78 is 11.0. The molecule has 4 heteroatoms. The van der Waals surface area contributed by atoms with Crippen LogP contribution < -0.4 is 4.74 Å². The molecule has 1 aromatic rings.